The molecule has 0 amide bonds. The van der Waals surface area contributed by atoms with Gasteiger partial charge >= 0.3 is 0 Å². The van der Waals surface area contributed by atoms with Gasteiger partial charge < -0.3 is 0 Å². The van der Waals surface area contributed by atoms with Crippen LogP contribution in [0.25, 0.3) is 0 Å². The standard InChI is InChI=1S/C14H22Cl2N2OS/c1-6-14(7-2,18-20(19)13(3,4)5)10-8-11(15)17-12(16)9-10/h8-9,18H,6-7H2,1-5H3. The highest BCUT2D eigenvalue weighted by atomic mass is 35.5. The van der Waals surface area contributed by atoms with Crippen LogP contribution in [0.2, 0.25) is 10.3 Å². The highest BCUT2D eigenvalue weighted by molar-refractivity contribution is 7.84. The SMILES string of the molecule is CCC(CC)(NS(=O)C(C)(C)C)c1cc(Cl)nc(Cl)c1. The molecule has 1 aromatic heterocycles. The van der Waals surface area contributed by atoms with Crippen molar-refractivity contribution in [3.05, 3.63) is 28.0 Å². The summed E-state index contributed by atoms with van der Waals surface area (Å²) < 4.78 is 15.4. The number of nitrogens with zero attached hydrogens (tertiary/aromatic N) is 1. The molecule has 20 heavy (non-hydrogen) atoms. The summed E-state index contributed by atoms with van der Waals surface area (Å²) in [4.78, 5) is 3.97. The van der Waals surface area contributed by atoms with Crippen LogP contribution in [0.4, 0.5) is 0 Å². The van der Waals surface area contributed by atoms with E-state index in [4.69, 9.17) is 23.2 Å². The van der Waals surface area contributed by atoms with Gasteiger partial charge in [-0.25, -0.2) is 13.9 Å². The van der Waals surface area contributed by atoms with Crippen LogP contribution in [0, 0.1) is 0 Å². The van der Waals surface area contributed by atoms with E-state index in [2.05, 4.69) is 23.6 Å². The first-order chi connectivity index (χ1) is 9.14. The molecular formula is C14H22Cl2N2OS. The third-order valence-electron chi connectivity index (χ3n) is 3.37. The lowest BCUT2D eigenvalue weighted by atomic mass is 9.86. The minimum absolute atomic E-state index is 0.337. The topological polar surface area (TPSA) is 42.0 Å². The van der Waals surface area contributed by atoms with Gasteiger partial charge in [0, 0.05) is 0 Å². The first-order valence-electron chi connectivity index (χ1n) is 6.68. The lowest BCUT2D eigenvalue weighted by Gasteiger charge is -2.35. The second kappa shape index (κ2) is 6.73. The summed E-state index contributed by atoms with van der Waals surface area (Å²) in [5, 5.41) is 0.698. The molecule has 0 aliphatic rings. The smallest absolute Gasteiger partial charge is 0.131 e. The zero-order valence-corrected chi connectivity index (χ0v) is 14.9. The monoisotopic (exact) mass is 336 g/mol. The third-order valence-corrected chi connectivity index (χ3v) is 5.44. The van der Waals surface area contributed by atoms with Crippen LogP contribution in [0.15, 0.2) is 12.1 Å². The lowest BCUT2D eigenvalue weighted by Crippen LogP contribution is -2.47. The van der Waals surface area contributed by atoms with Crippen molar-refractivity contribution < 1.29 is 4.21 Å². The van der Waals surface area contributed by atoms with E-state index in [9.17, 15) is 4.21 Å². The van der Waals surface area contributed by atoms with E-state index in [0.717, 1.165) is 18.4 Å². The summed E-state index contributed by atoms with van der Waals surface area (Å²) in [6.07, 6.45) is 1.56. The number of aromatic nitrogens is 1. The molecule has 0 saturated carbocycles. The van der Waals surface area contributed by atoms with Crippen molar-refractivity contribution >= 4 is 34.2 Å². The van der Waals surface area contributed by atoms with Crippen LogP contribution in [0.5, 0.6) is 0 Å². The number of hydrogen-bond donors (Lipinski definition) is 1. The molecular weight excluding hydrogens is 315 g/mol. The second-order valence-corrected chi connectivity index (χ2v) is 8.51. The van der Waals surface area contributed by atoms with Gasteiger partial charge in [0.1, 0.15) is 10.3 Å². The molecule has 1 unspecified atom stereocenters. The number of pyridine rings is 1. The first-order valence-corrected chi connectivity index (χ1v) is 8.58. The largest absolute Gasteiger partial charge is 0.242 e. The number of halogens is 2. The molecule has 1 aromatic rings. The van der Waals surface area contributed by atoms with E-state index >= 15 is 0 Å². The van der Waals surface area contributed by atoms with Crippen LogP contribution in [-0.4, -0.2) is 13.9 Å². The van der Waals surface area contributed by atoms with Crippen molar-refractivity contribution in [2.24, 2.45) is 0 Å². The normalized spacial score (nSPS) is 14.3. The van der Waals surface area contributed by atoms with Gasteiger partial charge in [0.05, 0.1) is 21.3 Å². The van der Waals surface area contributed by atoms with E-state index in [1.807, 2.05) is 20.8 Å². The molecule has 0 aromatic carbocycles. The molecule has 0 fully saturated rings. The lowest BCUT2D eigenvalue weighted by molar-refractivity contribution is 0.370. The van der Waals surface area contributed by atoms with Crippen LogP contribution in [0.1, 0.15) is 53.0 Å². The third kappa shape index (κ3) is 4.17. The fourth-order valence-electron chi connectivity index (χ4n) is 1.93. The molecule has 1 heterocycles. The maximum Gasteiger partial charge on any atom is 0.131 e. The Balaban J connectivity index is 3.24. The quantitative estimate of drug-likeness (QED) is 0.806. The Morgan fingerprint density at radius 1 is 1.15 bits per heavy atom. The van der Waals surface area contributed by atoms with Crippen LogP contribution in [0.3, 0.4) is 0 Å². The number of hydrogen-bond acceptors (Lipinski definition) is 2. The molecule has 0 bridgehead atoms. The van der Waals surface area contributed by atoms with Crippen molar-refractivity contribution in [3.8, 4) is 0 Å². The fraction of sp³-hybridized carbons (Fsp3) is 0.643. The average Bonchev–Trinajstić information content (AvgIpc) is 2.33. The van der Waals surface area contributed by atoms with Gasteiger partial charge in [-0.2, -0.15) is 0 Å². The predicted molar refractivity (Wildman–Crippen MR) is 87.5 cm³/mol. The molecule has 0 aliphatic heterocycles. The van der Waals surface area contributed by atoms with Gasteiger partial charge in [-0.3, -0.25) is 0 Å². The molecule has 6 heteroatoms. The molecule has 0 spiro atoms. The average molecular weight is 337 g/mol. The molecule has 1 N–H and O–H groups in total. The number of nitrogens with one attached hydrogen (secondary N) is 1. The number of rotatable bonds is 5. The van der Waals surface area contributed by atoms with Crippen LogP contribution in [-0.2, 0) is 16.5 Å². The molecule has 3 nitrogen and oxygen atoms in total. The Morgan fingerprint density at radius 2 is 1.60 bits per heavy atom. The van der Waals surface area contributed by atoms with E-state index in [1.165, 1.54) is 0 Å². The van der Waals surface area contributed by atoms with Crippen molar-refractivity contribution in [1.29, 1.82) is 0 Å². The van der Waals surface area contributed by atoms with Gasteiger partial charge in [-0.1, -0.05) is 37.0 Å². The van der Waals surface area contributed by atoms with Gasteiger partial charge in [0.25, 0.3) is 0 Å². The molecule has 1 rings (SSSR count). The Morgan fingerprint density at radius 3 is 1.95 bits per heavy atom. The molecule has 114 valence electrons. The highest BCUT2D eigenvalue weighted by Crippen LogP contribution is 2.33. The minimum atomic E-state index is -1.18. The Labute approximate surface area is 134 Å². The summed E-state index contributed by atoms with van der Waals surface area (Å²) in [7, 11) is -1.18. The molecule has 0 saturated heterocycles. The van der Waals surface area contributed by atoms with Crippen molar-refractivity contribution in [3.63, 3.8) is 0 Å². The zero-order valence-electron chi connectivity index (χ0n) is 12.6. The molecule has 0 radical (unpaired) electrons. The maximum absolute atomic E-state index is 12.5. The van der Waals surface area contributed by atoms with E-state index in [1.54, 1.807) is 12.1 Å². The molecule has 0 aliphatic carbocycles. The van der Waals surface area contributed by atoms with Crippen molar-refractivity contribution in [2.45, 2.75) is 57.7 Å². The Bertz CT molecular complexity index is 476. The summed E-state index contributed by atoms with van der Waals surface area (Å²) >= 11 is 12.0. The van der Waals surface area contributed by atoms with Crippen LogP contribution < -0.4 is 4.72 Å². The first kappa shape index (κ1) is 17.9. The summed E-state index contributed by atoms with van der Waals surface area (Å²) in [6.45, 7) is 9.94. The predicted octanol–water partition coefficient (Wildman–Crippen LogP) is 4.46. The maximum atomic E-state index is 12.5. The summed E-state index contributed by atoms with van der Waals surface area (Å²) in [5.41, 5.74) is 0.499. The summed E-state index contributed by atoms with van der Waals surface area (Å²) in [6, 6.07) is 3.57. The van der Waals surface area contributed by atoms with Gasteiger partial charge in [-0.05, 0) is 51.3 Å². The highest BCUT2D eigenvalue weighted by Gasteiger charge is 2.34. The van der Waals surface area contributed by atoms with Crippen molar-refractivity contribution in [2.75, 3.05) is 0 Å². The molecule has 1 atom stereocenters. The fourth-order valence-corrected chi connectivity index (χ4v) is 3.46. The van der Waals surface area contributed by atoms with Gasteiger partial charge in [0.2, 0.25) is 0 Å². The summed E-state index contributed by atoms with van der Waals surface area (Å²) in [5.74, 6) is 0. The van der Waals surface area contributed by atoms with E-state index in [0.29, 0.717) is 10.3 Å². The van der Waals surface area contributed by atoms with Crippen LogP contribution >= 0.6 is 23.2 Å². The van der Waals surface area contributed by atoms with Gasteiger partial charge in [0.15, 0.2) is 0 Å². The zero-order chi connectivity index (χ0) is 15.6. The van der Waals surface area contributed by atoms with E-state index < -0.39 is 16.5 Å². The Hall–Kier alpha value is -0.160. The van der Waals surface area contributed by atoms with Gasteiger partial charge in [-0.15, -0.1) is 0 Å². The Kier molecular flexibility index (Phi) is 6.02. The minimum Gasteiger partial charge on any atom is -0.242 e. The van der Waals surface area contributed by atoms with E-state index in [-0.39, 0.29) is 4.75 Å². The second-order valence-electron chi connectivity index (χ2n) is 5.77. The van der Waals surface area contributed by atoms with Crippen molar-refractivity contribution in [1.82, 2.24) is 9.71 Å².